The molecule has 3 amide bonds. The van der Waals surface area contributed by atoms with Crippen LogP contribution in [0.3, 0.4) is 0 Å². The Bertz CT molecular complexity index is 1560. The van der Waals surface area contributed by atoms with E-state index in [2.05, 4.69) is 11.9 Å². The molecular weight excluding hydrogens is 586 g/mol. The van der Waals surface area contributed by atoms with Gasteiger partial charge in [0.05, 0.1) is 24.8 Å². The van der Waals surface area contributed by atoms with Crippen LogP contribution in [0.2, 0.25) is 18.6 Å². The standard InChI is InChI=1S/C35H41N3O6Si/c1-5-18-38-29-17-16-27(36-33(41)26-14-10-7-11-15-26)21-28(29)35(34(38)42)24(2)32(45(3,4)43)30(44-35)22-31(40)37(19-20-39)23-25-12-8-6-9-13-25/h5-17,21,24,30,32,39,43H,1,18-20,22-23H2,2-4H3,(H,36,41)/t24-,30+,32-,35+/m0/s1. The van der Waals surface area contributed by atoms with E-state index in [0.717, 1.165) is 5.56 Å². The summed E-state index contributed by atoms with van der Waals surface area (Å²) in [6, 6.07) is 23.7. The van der Waals surface area contributed by atoms with Gasteiger partial charge in [0.1, 0.15) is 0 Å². The third-order valence-corrected chi connectivity index (χ3v) is 11.4. The first-order valence-corrected chi connectivity index (χ1v) is 18.3. The zero-order chi connectivity index (χ0) is 32.4. The highest BCUT2D eigenvalue weighted by Crippen LogP contribution is 2.60. The fourth-order valence-corrected chi connectivity index (χ4v) is 9.53. The smallest absolute Gasteiger partial charge is 0.264 e. The summed E-state index contributed by atoms with van der Waals surface area (Å²) in [6.45, 7) is 9.87. The van der Waals surface area contributed by atoms with E-state index in [1.807, 2.05) is 56.4 Å². The maximum atomic E-state index is 14.4. The number of rotatable bonds is 11. The SMILES string of the molecule is C=CCN1C(=O)[C@]2(O[C@H](CC(=O)N(CCO)Cc3ccccc3)[C@@H]([Si](C)(C)O)[C@@H]2C)c2cc(NC(=O)c3ccccc3)ccc21. The quantitative estimate of drug-likeness (QED) is 0.210. The number of carbonyl (C=O) groups excluding carboxylic acids is 3. The molecule has 9 nitrogen and oxygen atoms in total. The topological polar surface area (TPSA) is 119 Å². The molecule has 2 heterocycles. The van der Waals surface area contributed by atoms with Crippen LogP contribution in [0.25, 0.3) is 0 Å². The molecule has 236 valence electrons. The van der Waals surface area contributed by atoms with Crippen molar-refractivity contribution in [3.05, 3.63) is 108 Å². The van der Waals surface area contributed by atoms with E-state index in [4.69, 9.17) is 4.74 Å². The van der Waals surface area contributed by atoms with Crippen LogP contribution in [0.1, 0.15) is 34.8 Å². The number of hydrogen-bond acceptors (Lipinski definition) is 6. The van der Waals surface area contributed by atoms with E-state index in [0.29, 0.717) is 29.0 Å². The fourth-order valence-electron chi connectivity index (χ4n) is 6.98. The molecule has 3 aromatic rings. The largest absolute Gasteiger partial charge is 0.432 e. The van der Waals surface area contributed by atoms with Gasteiger partial charge in [-0.25, -0.2) is 0 Å². The van der Waals surface area contributed by atoms with Crippen molar-refractivity contribution in [2.75, 3.05) is 29.9 Å². The average Bonchev–Trinajstić information content (AvgIpc) is 3.44. The molecule has 10 heteroatoms. The van der Waals surface area contributed by atoms with Crippen LogP contribution in [0, 0.1) is 5.92 Å². The number of fused-ring (bicyclic) bond motifs is 2. The number of hydrogen-bond donors (Lipinski definition) is 3. The molecule has 2 aliphatic heterocycles. The lowest BCUT2D eigenvalue weighted by atomic mass is 9.82. The maximum Gasteiger partial charge on any atom is 0.264 e. The normalized spacial score (nSPS) is 22.4. The molecule has 0 unspecified atom stereocenters. The Morgan fingerprint density at radius 1 is 1.09 bits per heavy atom. The van der Waals surface area contributed by atoms with Crippen molar-refractivity contribution in [3.8, 4) is 0 Å². The van der Waals surface area contributed by atoms with Crippen LogP contribution < -0.4 is 10.2 Å². The number of anilines is 2. The lowest BCUT2D eigenvalue weighted by Crippen LogP contribution is -2.46. The minimum Gasteiger partial charge on any atom is -0.432 e. The highest BCUT2D eigenvalue weighted by Gasteiger charge is 2.66. The molecule has 1 fully saturated rings. The van der Waals surface area contributed by atoms with Gasteiger partial charge in [-0.15, -0.1) is 6.58 Å². The average molecular weight is 628 g/mol. The van der Waals surface area contributed by atoms with Gasteiger partial charge in [0.25, 0.3) is 11.8 Å². The van der Waals surface area contributed by atoms with Crippen molar-refractivity contribution < 1.29 is 29.0 Å². The van der Waals surface area contributed by atoms with E-state index in [-0.39, 0.29) is 43.8 Å². The van der Waals surface area contributed by atoms with E-state index >= 15 is 0 Å². The number of ether oxygens (including phenoxy) is 1. The van der Waals surface area contributed by atoms with Gasteiger partial charge in [-0.2, -0.15) is 0 Å². The van der Waals surface area contributed by atoms with Gasteiger partial charge in [-0.05, 0) is 49.0 Å². The maximum absolute atomic E-state index is 14.4. The molecule has 5 rings (SSSR count). The molecule has 2 aliphatic rings. The molecule has 3 N–H and O–H groups in total. The predicted octanol–water partition coefficient (Wildman–Crippen LogP) is 4.68. The first-order valence-electron chi connectivity index (χ1n) is 15.3. The second-order valence-corrected chi connectivity index (χ2v) is 16.3. The second-order valence-electron chi connectivity index (χ2n) is 12.3. The Kier molecular flexibility index (Phi) is 9.40. The summed E-state index contributed by atoms with van der Waals surface area (Å²) in [5, 5.41) is 12.7. The van der Waals surface area contributed by atoms with Crippen molar-refractivity contribution in [3.63, 3.8) is 0 Å². The van der Waals surface area contributed by atoms with Crippen molar-refractivity contribution in [1.29, 1.82) is 0 Å². The van der Waals surface area contributed by atoms with Crippen molar-refractivity contribution in [2.45, 2.75) is 50.2 Å². The van der Waals surface area contributed by atoms with Crippen LogP contribution in [0.4, 0.5) is 11.4 Å². The highest BCUT2D eigenvalue weighted by molar-refractivity contribution is 6.71. The molecule has 0 bridgehead atoms. The summed E-state index contributed by atoms with van der Waals surface area (Å²) in [5.74, 6) is -1.29. The van der Waals surface area contributed by atoms with Gasteiger partial charge in [0.15, 0.2) is 13.9 Å². The minimum absolute atomic E-state index is 0.0604. The number of amides is 3. The molecule has 0 aromatic heterocycles. The molecule has 0 saturated carbocycles. The monoisotopic (exact) mass is 627 g/mol. The van der Waals surface area contributed by atoms with E-state index in [1.165, 1.54) is 0 Å². The van der Waals surface area contributed by atoms with Gasteiger partial charge >= 0.3 is 0 Å². The zero-order valence-corrected chi connectivity index (χ0v) is 27.0. The number of aliphatic hydroxyl groups excluding tert-OH is 1. The molecule has 1 saturated heterocycles. The molecule has 0 aliphatic carbocycles. The molecule has 4 atom stereocenters. The Morgan fingerprint density at radius 2 is 1.76 bits per heavy atom. The van der Waals surface area contributed by atoms with Gasteiger partial charge < -0.3 is 29.8 Å². The van der Waals surface area contributed by atoms with Gasteiger partial charge in [-0.1, -0.05) is 61.5 Å². The van der Waals surface area contributed by atoms with Crippen molar-refractivity contribution >= 4 is 37.4 Å². The van der Waals surface area contributed by atoms with Crippen molar-refractivity contribution in [1.82, 2.24) is 4.90 Å². The van der Waals surface area contributed by atoms with Crippen LogP contribution in [-0.4, -0.2) is 66.6 Å². The van der Waals surface area contributed by atoms with Crippen molar-refractivity contribution in [2.24, 2.45) is 5.92 Å². The molecule has 45 heavy (non-hydrogen) atoms. The summed E-state index contributed by atoms with van der Waals surface area (Å²) in [6.07, 6.45) is 0.833. The van der Waals surface area contributed by atoms with Crippen LogP contribution >= 0.6 is 0 Å². The highest BCUT2D eigenvalue weighted by atomic mass is 28.4. The lowest BCUT2D eigenvalue weighted by molar-refractivity contribution is -0.149. The van der Waals surface area contributed by atoms with E-state index in [1.54, 1.807) is 58.3 Å². The first kappa shape index (κ1) is 32.3. The lowest BCUT2D eigenvalue weighted by Gasteiger charge is -2.32. The Labute approximate surface area is 265 Å². The van der Waals surface area contributed by atoms with Gasteiger partial charge in [0.2, 0.25) is 5.91 Å². The Hall–Kier alpha value is -4.09. The third-order valence-electron chi connectivity index (χ3n) is 8.90. The molecule has 0 radical (unpaired) electrons. The molecule has 3 aromatic carbocycles. The number of carbonyl (C=O) groups is 3. The summed E-state index contributed by atoms with van der Waals surface area (Å²) < 4.78 is 6.80. The van der Waals surface area contributed by atoms with Gasteiger partial charge in [-0.3, -0.25) is 14.4 Å². The molecule has 1 spiro atoms. The Morgan fingerprint density at radius 3 is 2.38 bits per heavy atom. The Balaban J connectivity index is 1.51. The summed E-state index contributed by atoms with van der Waals surface area (Å²) in [4.78, 5) is 56.0. The first-order chi connectivity index (χ1) is 21.5. The number of nitrogens with zero attached hydrogens (tertiary/aromatic N) is 2. The van der Waals surface area contributed by atoms with E-state index in [9.17, 15) is 24.3 Å². The summed E-state index contributed by atoms with van der Waals surface area (Å²) in [5.41, 5.74) is 1.21. The number of benzene rings is 3. The van der Waals surface area contributed by atoms with Crippen LogP contribution in [0.5, 0.6) is 0 Å². The minimum atomic E-state index is -3.02. The fraction of sp³-hybridized carbons (Fsp3) is 0.343. The second kappa shape index (κ2) is 13.1. The zero-order valence-electron chi connectivity index (χ0n) is 26.0. The molecular formula is C35H41N3O6Si. The summed E-state index contributed by atoms with van der Waals surface area (Å²) >= 11 is 0. The van der Waals surface area contributed by atoms with Crippen LogP contribution in [-0.2, 0) is 26.5 Å². The van der Waals surface area contributed by atoms with Crippen LogP contribution in [0.15, 0.2) is 91.5 Å². The number of nitrogens with one attached hydrogen (secondary N) is 1. The third kappa shape index (κ3) is 6.23. The van der Waals surface area contributed by atoms with E-state index < -0.39 is 31.5 Å². The predicted molar refractivity (Wildman–Crippen MR) is 176 cm³/mol. The number of aliphatic hydroxyl groups is 1. The van der Waals surface area contributed by atoms with Gasteiger partial charge in [0, 0.05) is 47.9 Å². The summed E-state index contributed by atoms with van der Waals surface area (Å²) in [7, 11) is -3.02.